The van der Waals surface area contributed by atoms with Crippen LogP contribution in [-0.4, -0.2) is 41.6 Å². The molecule has 2 aromatic rings. The van der Waals surface area contributed by atoms with Crippen LogP contribution in [0.5, 0.6) is 0 Å². The van der Waals surface area contributed by atoms with Crippen molar-refractivity contribution in [1.82, 2.24) is 15.2 Å². The van der Waals surface area contributed by atoms with Crippen LogP contribution in [0.3, 0.4) is 0 Å². The van der Waals surface area contributed by atoms with Crippen LogP contribution in [0.25, 0.3) is 11.5 Å². The maximum atomic E-state index is 11.8. The van der Waals surface area contributed by atoms with Gasteiger partial charge >= 0.3 is 6.09 Å². The molecule has 7 heteroatoms. The second-order valence-electron chi connectivity index (χ2n) is 4.84. The second kappa shape index (κ2) is 6.30. The summed E-state index contributed by atoms with van der Waals surface area (Å²) in [6.45, 7) is 1.15. The summed E-state index contributed by atoms with van der Waals surface area (Å²) < 4.78 is 10.0. The average Bonchev–Trinajstić information content (AvgIpc) is 3.18. The van der Waals surface area contributed by atoms with Crippen molar-refractivity contribution in [1.29, 1.82) is 0 Å². The molecule has 0 radical (unpaired) electrons. The number of pyridine rings is 1. The lowest BCUT2D eigenvalue weighted by Gasteiger charge is -2.12. The first-order chi connectivity index (χ1) is 10.7. The number of nitrogens with zero attached hydrogens (tertiary/aromatic N) is 2. The molecule has 114 valence electrons. The summed E-state index contributed by atoms with van der Waals surface area (Å²) in [5.74, 6) is 0.470. The molecule has 0 saturated carbocycles. The molecule has 7 nitrogen and oxygen atoms in total. The Kier molecular flexibility index (Phi) is 4.04. The lowest BCUT2D eigenvalue weighted by molar-refractivity contribution is -0.121. The van der Waals surface area contributed by atoms with Crippen molar-refractivity contribution in [2.45, 2.75) is 6.54 Å². The highest BCUT2D eigenvalue weighted by Crippen LogP contribution is 2.16. The lowest BCUT2D eigenvalue weighted by atomic mass is 10.2. The van der Waals surface area contributed by atoms with Crippen molar-refractivity contribution in [3.05, 3.63) is 42.3 Å². The highest BCUT2D eigenvalue weighted by Gasteiger charge is 2.23. The van der Waals surface area contributed by atoms with Crippen LogP contribution in [0.2, 0.25) is 0 Å². The largest absolute Gasteiger partial charge is 0.463 e. The van der Waals surface area contributed by atoms with E-state index in [0.29, 0.717) is 25.5 Å². The van der Waals surface area contributed by atoms with Crippen molar-refractivity contribution in [3.63, 3.8) is 0 Å². The van der Waals surface area contributed by atoms with Gasteiger partial charge in [0.25, 0.3) is 0 Å². The molecule has 0 spiro atoms. The predicted molar refractivity (Wildman–Crippen MR) is 76.7 cm³/mol. The Balaban J connectivity index is 1.51. The third kappa shape index (κ3) is 3.25. The second-order valence-corrected chi connectivity index (χ2v) is 4.84. The Labute approximate surface area is 126 Å². The van der Waals surface area contributed by atoms with Gasteiger partial charge in [-0.2, -0.15) is 0 Å². The Morgan fingerprint density at radius 2 is 2.27 bits per heavy atom. The van der Waals surface area contributed by atoms with E-state index in [4.69, 9.17) is 9.15 Å². The molecule has 1 saturated heterocycles. The van der Waals surface area contributed by atoms with Crippen molar-refractivity contribution < 1.29 is 18.7 Å². The van der Waals surface area contributed by atoms with Crippen molar-refractivity contribution in [2.24, 2.45) is 0 Å². The zero-order valence-electron chi connectivity index (χ0n) is 11.8. The number of hydrogen-bond donors (Lipinski definition) is 1. The van der Waals surface area contributed by atoms with Gasteiger partial charge in [0, 0.05) is 12.7 Å². The molecular weight excluding hydrogens is 286 g/mol. The lowest BCUT2D eigenvalue weighted by Crippen LogP contribution is -2.37. The molecule has 1 N–H and O–H groups in total. The van der Waals surface area contributed by atoms with Crippen LogP contribution in [-0.2, 0) is 16.1 Å². The van der Waals surface area contributed by atoms with E-state index < -0.39 is 6.09 Å². The summed E-state index contributed by atoms with van der Waals surface area (Å²) in [5.41, 5.74) is 1.60. The van der Waals surface area contributed by atoms with E-state index in [1.807, 2.05) is 18.2 Å². The molecule has 0 aliphatic carbocycles. The highest BCUT2D eigenvalue weighted by atomic mass is 16.6. The Morgan fingerprint density at radius 1 is 1.36 bits per heavy atom. The fraction of sp³-hybridized carbons (Fsp3) is 0.267. The molecular formula is C15H15N3O4. The van der Waals surface area contributed by atoms with E-state index >= 15 is 0 Å². The van der Waals surface area contributed by atoms with Crippen LogP contribution in [0.4, 0.5) is 4.79 Å². The minimum atomic E-state index is -0.445. The fourth-order valence-electron chi connectivity index (χ4n) is 2.10. The van der Waals surface area contributed by atoms with Gasteiger partial charge in [-0.25, -0.2) is 4.79 Å². The van der Waals surface area contributed by atoms with Crippen LogP contribution in [0.1, 0.15) is 5.56 Å². The number of amides is 2. The summed E-state index contributed by atoms with van der Waals surface area (Å²) in [7, 11) is 0. The first kappa shape index (κ1) is 14.1. The van der Waals surface area contributed by atoms with Crippen LogP contribution >= 0.6 is 0 Å². The standard InChI is InChI=1S/C15H15N3O4/c19-14(10-18-5-7-22-15(18)20)17-9-11-3-4-12(16-8-11)13-2-1-6-21-13/h1-4,6,8H,5,7,9-10H2,(H,17,19). The molecule has 1 fully saturated rings. The van der Waals surface area contributed by atoms with E-state index in [1.54, 1.807) is 18.5 Å². The Hall–Kier alpha value is -2.83. The molecule has 1 aliphatic heterocycles. The number of carbonyl (C=O) groups excluding carboxylic acids is 2. The van der Waals surface area contributed by atoms with Crippen molar-refractivity contribution in [3.8, 4) is 11.5 Å². The minimum absolute atomic E-state index is 0.0107. The summed E-state index contributed by atoms with van der Waals surface area (Å²) in [6, 6.07) is 7.33. The number of carbonyl (C=O) groups is 2. The van der Waals surface area contributed by atoms with Crippen molar-refractivity contribution >= 4 is 12.0 Å². The summed E-state index contributed by atoms with van der Waals surface area (Å²) in [4.78, 5) is 28.7. The topological polar surface area (TPSA) is 84.7 Å². The van der Waals surface area contributed by atoms with Gasteiger partial charge in [-0.1, -0.05) is 6.07 Å². The molecule has 0 atom stereocenters. The molecule has 2 aromatic heterocycles. The number of ether oxygens (including phenoxy) is 1. The highest BCUT2D eigenvalue weighted by molar-refractivity contribution is 5.82. The molecule has 0 aromatic carbocycles. The van der Waals surface area contributed by atoms with E-state index in [1.165, 1.54) is 4.90 Å². The van der Waals surface area contributed by atoms with Crippen molar-refractivity contribution in [2.75, 3.05) is 19.7 Å². The Morgan fingerprint density at radius 3 is 2.91 bits per heavy atom. The molecule has 3 rings (SSSR count). The summed E-state index contributed by atoms with van der Waals surface area (Å²) in [5, 5.41) is 2.75. The van der Waals surface area contributed by atoms with Gasteiger partial charge in [0.05, 0.1) is 12.8 Å². The number of aromatic nitrogens is 1. The molecule has 1 aliphatic rings. The number of rotatable bonds is 5. The quantitative estimate of drug-likeness (QED) is 0.902. The normalized spacial score (nSPS) is 14.0. The zero-order valence-corrected chi connectivity index (χ0v) is 11.8. The number of hydrogen-bond acceptors (Lipinski definition) is 5. The summed E-state index contributed by atoms with van der Waals surface area (Å²) in [6.07, 6.45) is 2.83. The number of nitrogens with one attached hydrogen (secondary N) is 1. The molecule has 0 bridgehead atoms. The monoisotopic (exact) mass is 301 g/mol. The van der Waals surface area contributed by atoms with Crippen LogP contribution < -0.4 is 5.32 Å². The van der Waals surface area contributed by atoms with Crippen LogP contribution in [0, 0.1) is 0 Å². The molecule has 3 heterocycles. The maximum Gasteiger partial charge on any atom is 0.410 e. The number of furan rings is 1. The molecule has 2 amide bonds. The van der Waals surface area contributed by atoms with Gasteiger partial charge < -0.3 is 14.5 Å². The summed E-state index contributed by atoms with van der Waals surface area (Å²) >= 11 is 0. The predicted octanol–water partition coefficient (Wildman–Crippen LogP) is 1.41. The average molecular weight is 301 g/mol. The smallest absolute Gasteiger partial charge is 0.410 e. The van der Waals surface area contributed by atoms with E-state index in [2.05, 4.69) is 10.3 Å². The van der Waals surface area contributed by atoms with Gasteiger partial charge in [-0.05, 0) is 23.8 Å². The van der Waals surface area contributed by atoms with Gasteiger partial charge in [0.15, 0.2) is 5.76 Å². The maximum absolute atomic E-state index is 11.8. The van der Waals surface area contributed by atoms with Crippen LogP contribution in [0.15, 0.2) is 41.1 Å². The first-order valence-electron chi connectivity index (χ1n) is 6.89. The Bertz CT molecular complexity index is 652. The minimum Gasteiger partial charge on any atom is -0.463 e. The number of cyclic esters (lactones) is 1. The fourth-order valence-corrected chi connectivity index (χ4v) is 2.10. The molecule has 0 unspecified atom stereocenters. The third-order valence-corrected chi connectivity index (χ3v) is 3.27. The van der Waals surface area contributed by atoms with Gasteiger partial charge in [0.2, 0.25) is 5.91 Å². The van der Waals surface area contributed by atoms with Gasteiger partial charge in [0.1, 0.15) is 18.8 Å². The third-order valence-electron chi connectivity index (χ3n) is 3.27. The van der Waals surface area contributed by atoms with E-state index in [0.717, 1.165) is 11.3 Å². The zero-order chi connectivity index (χ0) is 15.4. The van der Waals surface area contributed by atoms with Gasteiger partial charge in [-0.15, -0.1) is 0 Å². The SMILES string of the molecule is O=C(CN1CCOC1=O)NCc1ccc(-c2ccco2)nc1. The molecule has 22 heavy (non-hydrogen) atoms. The van der Waals surface area contributed by atoms with E-state index in [9.17, 15) is 9.59 Å². The van der Waals surface area contributed by atoms with Gasteiger partial charge in [-0.3, -0.25) is 14.7 Å². The first-order valence-corrected chi connectivity index (χ1v) is 6.89. The van der Waals surface area contributed by atoms with E-state index in [-0.39, 0.29) is 12.5 Å².